The van der Waals surface area contributed by atoms with Gasteiger partial charge in [0, 0.05) is 29.3 Å². The number of sulfone groups is 1. The van der Waals surface area contributed by atoms with Crippen LogP contribution in [0, 0.1) is 6.92 Å². The quantitative estimate of drug-likeness (QED) is 0.146. The number of aromatic nitrogens is 3. The lowest BCUT2D eigenvalue weighted by molar-refractivity contribution is -0.113. The largest absolute Gasteiger partial charge is 0.488 e. The van der Waals surface area contributed by atoms with E-state index in [0.717, 1.165) is 58.8 Å². The predicted octanol–water partition coefficient (Wildman–Crippen LogP) is 6.28. The fraction of sp³-hybridized carbons (Fsp3) is 0.235. The second kappa shape index (κ2) is 14.2. The van der Waals surface area contributed by atoms with Crippen molar-refractivity contribution in [1.82, 2.24) is 14.8 Å². The van der Waals surface area contributed by atoms with E-state index in [-0.39, 0.29) is 12.4 Å². The molecule has 0 aliphatic rings. The Labute approximate surface area is 267 Å². The Morgan fingerprint density at radius 2 is 1.67 bits per heavy atom. The number of hydrogen-bond acceptors (Lipinski definition) is 7. The smallest absolute Gasteiger partial charge is 0.324 e. The number of unbranched alkanes of at least 4 members (excludes halogenated alkanes) is 1. The normalized spacial score (nSPS) is 11.3. The molecule has 0 atom stereocenters. The summed E-state index contributed by atoms with van der Waals surface area (Å²) < 4.78 is 30.7. The van der Waals surface area contributed by atoms with Crippen molar-refractivity contribution in [3.8, 4) is 11.4 Å². The molecule has 0 bridgehead atoms. The van der Waals surface area contributed by atoms with Crippen molar-refractivity contribution >= 4 is 49.9 Å². The number of rotatable bonds is 12. The molecular weight excluding hydrogens is 604 g/mol. The number of benzene rings is 3. The monoisotopic (exact) mass is 640 g/mol. The van der Waals surface area contributed by atoms with Crippen molar-refractivity contribution in [2.45, 2.75) is 39.7 Å². The van der Waals surface area contributed by atoms with E-state index in [2.05, 4.69) is 27.9 Å². The van der Waals surface area contributed by atoms with Crippen molar-refractivity contribution in [3.63, 3.8) is 0 Å². The van der Waals surface area contributed by atoms with E-state index in [9.17, 15) is 18.0 Å². The van der Waals surface area contributed by atoms with Crippen LogP contribution in [0.1, 0.15) is 36.6 Å². The highest BCUT2D eigenvalue weighted by Gasteiger charge is 2.16. The Balaban J connectivity index is 1.30. The molecule has 3 aromatic carbocycles. The third-order valence-corrected chi connectivity index (χ3v) is 7.86. The van der Waals surface area contributed by atoms with Gasteiger partial charge in [-0.2, -0.15) is 5.10 Å². The predicted molar refractivity (Wildman–Crippen MR) is 180 cm³/mol. The maximum Gasteiger partial charge on any atom is 0.324 e. The van der Waals surface area contributed by atoms with Crippen molar-refractivity contribution in [2.75, 3.05) is 28.0 Å². The molecule has 46 heavy (non-hydrogen) atoms. The summed E-state index contributed by atoms with van der Waals surface area (Å²) in [6.07, 6.45) is 5.37. The van der Waals surface area contributed by atoms with Gasteiger partial charge in [0.15, 0.2) is 9.84 Å². The summed E-state index contributed by atoms with van der Waals surface area (Å²) in [4.78, 5) is 29.4. The second-order valence-electron chi connectivity index (χ2n) is 11.1. The van der Waals surface area contributed by atoms with Crippen LogP contribution in [0.5, 0.6) is 5.75 Å². The van der Waals surface area contributed by atoms with Crippen LogP contribution in [0.2, 0.25) is 0 Å². The zero-order valence-electron chi connectivity index (χ0n) is 25.9. The van der Waals surface area contributed by atoms with E-state index in [1.807, 2.05) is 61.5 Å². The van der Waals surface area contributed by atoms with Gasteiger partial charge in [0.2, 0.25) is 5.91 Å². The van der Waals surface area contributed by atoms with Crippen LogP contribution in [0.4, 0.5) is 22.1 Å². The lowest BCUT2D eigenvalue weighted by atomic mass is 10.1. The summed E-state index contributed by atoms with van der Waals surface area (Å²) in [6.45, 7) is 4.32. The van der Waals surface area contributed by atoms with E-state index >= 15 is 0 Å². The van der Waals surface area contributed by atoms with E-state index in [4.69, 9.17) is 9.84 Å². The van der Waals surface area contributed by atoms with E-state index < -0.39 is 27.5 Å². The molecular formula is C34H36N6O5S. The summed E-state index contributed by atoms with van der Waals surface area (Å²) in [5.41, 5.74) is 4.22. The standard InChI is InChI=1S/C34H36N6O5S/c1-4-5-8-25-20-32(40(39-25)26-13-11-23(2)12-14-26)38-34(42)36-29-15-16-30(28-10-7-6-9-27(28)29)45-21-24-17-18-35-31(19-24)37-33(41)22-46(3,43)44/h6-7,9-20H,4-5,8,21-22H2,1-3H3,(H,35,37,41)(H2,36,38,42). The molecule has 11 nitrogen and oxygen atoms in total. The molecule has 5 aromatic rings. The van der Waals surface area contributed by atoms with Gasteiger partial charge in [-0.1, -0.05) is 55.3 Å². The van der Waals surface area contributed by atoms with Gasteiger partial charge in [0.05, 0.1) is 17.1 Å². The number of urea groups is 1. The maximum absolute atomic E-state index is 13.3. The summed E-state index contributed by atoms with van der Waals surface area (Å²) in [6, 6.07) is 24.0. The number of fused-ring (bicyclic) bond motifs is 1. The van der Waals surface area contributed by atoms with Gasteiger partial charge < -0.3 is 15.4 Å². The van der Waals surface area contributed by atoms with Crippen LogP contribution in [-0.2, 0) is 27.7 Å². The summed E-state index contributed by atoms with van der Waals surface area (Å²) in [5.74, 6) is 0.102. The minimum atomic E-state index is -3.46. The van der Waals surface area contributed by atoms with Crippen LogP contribution in [-0.4, -0.2) is 47.1 Å². The number of carbonyl (C=O) groups excluding carboxylic acids is 2. The molecule has 238 valence electrons. The average Bonchev–Trinajstić information content (AvgIpc) is 3.41. The van der Waals surface area contributed by atoms with Crippen LogP contribution in [0.15, 0.2) is 85.1 Å². The van der Waals surface area contributed by atoms with Gasteiger partial charge in [-0.25, -0.2) is 22.9 Å². The maximum atomic E-state index is 13.3. The lowest BCUT2D eigenvalue weighted by Crippen LogP contribution is -2.22. The Hall–Kier alpha value is -5.23. The molecule has 2 heterocycles. The van der Waals surface area contributed by atoms with Gasteiger partial charge in [0.25, 0.3) is 0 Å². The number of nitrogens with zero attached hydrogens (tertiary/aromatic N) is 3. The first-order chi connectivity index (χ1) is 22.1. The number of amides is 3. The summed E-state index contributed by atoms with van der Waals surface area (Å²) >= 11 is 0. The minimum absolute atomic E-state index is 0.165. The third-order valence-electron chi connectivity index (χ3n) is 7.08. The van der Waals surface area contributed by atoms with Crippen molar-refractivity contribution in [3.05, 3.63) is 102 Å². The van der Waals surface area contributed by atoms with Gasteiger partial charge in [0.1, 0.15) is 29.7 Å². The first-order valence-corrected chi connectivity index (χ1v) is 16.9. The average molecular weight is 641 g/mol. The van der Waals surface area contributed by atoms with Crippen LogP contribution >= 0.6 is 0 Å². The molecule has 12 heteroatoms. The molecule has 0 fully saturated rings. The highest BCUT2D eigenvalue weighted by atomic mass is 32.2. The van der Waals surface area contributed by atoms with Gasteiger partial charge in [-0.15, -0.1) is 0 Å². The zero-order chi connectivity index (χ0) is 32.7. The number of pyridine rings is 1. The molecule has 3 amide bonds. The highest BCUT2D eigenvalue weighted by molar-refractivity contribution is 7.91. The Bertz CT molecular complexity index is 1970. The van der Waals surface area contributed by atoms with Crippen LogP contribution < -0.4 is 20.7 Å². The van der Waals surface area contributed by atoms with Crippen molar-refractivity contribution in [1.29, 1.82) is 0 Å². The van der Waals surface area contributed by atoms with Gasteiger partial charge in [-0.3, -0.25) is 10.1 Å². The number of nitrogens with one attached hydrogen (secondary N) is 3. The SMILES string of the molecule is CCCCc1cc(NC(=O)Nc2ccc(OCc3ccnc(NC(=O)CS(C)(=O)=O)c3)c3ccccc23)n(-c2ccc(C)cc2)n1. The number of carbonyl (C=O) groups is 2. The Morgan fingerprint density at radius 3 is 2.41 bits per heavy atom. The number of hydrogen-bond donors (Lipinski definition) is 3. The Morgan fingerprint density at radius 1 is 0.913 bits per heavy atom. The summed E-state index contributed by atoms with van der Waals surface area (Å²) in [7, 11) is -3.46. The van der Waals surface area contributed by atoms with Crippen molar-refractivity contribution < 1.29 is 22.7 Å². The third kappa shape index (κ3) is 8.48. The number of anilines is 3. The number of ether oxygens (including phenoxy) is 1. The molecule has 3 N–H and O–H groups in total. The highest BCUT2D eigenvalue weighted by Crippen LogP contribution is 2.32. The fourth-order valence-electron chi connectivity index (χ4n) is 4.87. The molecule has 0 saturated heterocycles. The summed E-state index contributed by atoms with van der Waals surface area (Å²) in [5, 5.41) is 14.8. The molecule has 0 saturated carbocycles. The zero-order valence-corrected chi connectivity index (χ0v) is 26.7. The second-order valence-corrected chi connectivity index (χ2v) is 13.2. The Kier molecular flexibility index (Phi) is 9.97. The lowest BCUT2D eigenvalue weighted by Gasteiger charge is -2.15. The van der Waals surface area contributed by atoms with E-state index in [1.165, 1.54) is 6.20 Å². The first kappa shape index (κ1) is 32.2. The molecule has 0 aliphatic heterocycles. The fourth-order valence-corrected chi connectivity index (χ4v) is 5.42. The van der Waals surface area contributed by atoms with Gasteiger partial charge in [-0.05, 0) is 61.7 Å². The van der Waals surface area contributed by atoms with E-state index in [0.29, 0.717) is 17.3 Å². The van der Waals surface area contributed by atoms with Gasteiger partial charge >= 0.3 is 6.03 Å². The van der Waals surface area contributed by atoms with E-state index in [1.54, 1.807) is 28.9 Å². The van der Waals surface area contributed by atoms with Crippen LogP contribution in [0.25, 0.3) is 16.5 Å². The molecule has 0 aliphatic carbocycles. The molecule has 0 radical (unpaired) electrons. The molecule has 0 unspecified atom stereocenters. The molecule has 0 spiro atoms. The first-order valence-electron chi connectivity index (χ1n) is 14.9. The topological polar surface area (TPSA) is 144 Å². The molecule has 2 aromatic heterocycles. The van der Waals surface area contributed by atoms with Crippen molar-refractivity contribution in [2.24, 2.45) is 0 Å². The van der Waals surface area contributed by atoms with Crippen LogP contribution in [0.3, 0.4) is 0 Å². The number of aryl methyl sites for hydroxylation is 2. The minimum Gasteiger partial charge on any atom is -0.488 e. The molecule has 5 rings (SSSR count).